The number of aromatic nitrogens is 2. The van der Waals surface area contributed by atoms with E-state index in [1.165, 1.54) is 31.0 Å². The van der Waals surface area contributed by atoms with Crippen LogP contribution in [-0.2, 0) is 10.5 Å². The quantitative estimate of drug-likeness (QED) is 0.543. The molecule has 0 aromatic carbocycles. The van der Waals surface area contributed by atoms with Gasteiger partial charge in [0.25, 0.3) is 5.91 Å². The molecule has 2 aromatic rings. The minimum absolute atomic E-state index is 0.123. The SMILES string of the molecule is Cc1cc(CSc2ncccc2C(=O)NCCO[C@@H]2CCCC[C@@H]2C)no1. The average Bonchev–Trinajstić information content (AvgIpc) is 3.10. The maximum atomic E-state index is 12.5. The summed E-state index contributed by atoms with van der Waals surface area (Å²) in [5, 5.41) is 7.61. The van der Waals surface area contributed by atoms with E-state index < -0.39 is 0 Å². The van der Waals surface area contributed by atoms with E-state index >= 15 is 0 Å². The van der Waals surface area contributed by atoms with Crippen molar-refractivity contribution in [2.75, 3.05) is 13.2 Å². The van der Waals surface area contributed by atoms with E-state index in [1.54, 1.807) is 18.3 Å². The van der Waals surface area contributed by atoms with E-state index in [0.29, 0.717) is 41.5 Å². The van der Waals surface area contributed by atoms with E-state index in [9.17, 15) is 4.79 Å². The van der Waals surface area contributed by atoms with Gasteiger partial charge in [0, 0.05) is 24.6 Å². The van der Waals surface area contributed by atoms with Gasteiger partial charge < -0.3 is 14.6 Å². The number of nitrogens with zero attached hydrogens (tertiary/aromatic N) is 2. The molecule has 27 heavy (non-hydrogen) atoms. The Kier molecular flexibility index (Phi) is 7.29. The van der Waals surface area contributed by atoms with Crippen LogP contribution in [0.4, 0.5) is 0 Å². The van der Waals surface area contributed by atoms with Crippen molar-refractivity contribution < 1.29 is 14.1 Å². The Labute approximate surface area is 164 Å². The van der Waals surface area contributed by atoms with Crippen LogP contribution in [0.3, 0.4) is 0 Å². The fraction of sp³-hybridized carbons (Fsp3) is 0.550. The highest BCUT2D eigenvalue weighted by Gasteiger charge is 2.21. The summed E-state index contributed by atoms with van der Waals surface area (Å²) in [4.78, 5) is 16.9. The summed E-state index contributed by atoms with van der Waals surface area (Å²) in [5.41, 5.74) is 1.42. The van der Waals surface area contributed by atoms with E-state index in [0.717, 1.165) is 17.9 Å². The molecule has 3 rings (SSSR count). The number of thioether (sulfide) groups is 1. The molecule has 6 nitrogen and oxygen atoms in total. The maximum absolute atomic E-state index is 12.5. The zero-order chi connectivity index (χ0) is 19.1. The first kappa shape index (κ1) is 19.9. The number of hydrogen-bond acceptors (Lipinski definition) is 6. The van der Waals surface area contributed by atoms with Crippen molar-refractivity contribution in [3.63, 3.8) is 0 Å². The lowest BCUT2D eigenvalue weighted by molar-refractivity contribution is -0.00294. The van der Waals surface area contributed by atoms with Gasteiger partial charge in [0.15, 0.2) is 0 Å². The van der Waals surface area contributed by atoms with Crippen LogP contribution in [0.2, 0.25) is 0 Å². The van der Waals surface area contributed by atoms with E-state index in [-0.39, 0.29) is 5.91 Å². The number of pyridine rings is 1. The predicted molar refractivity (Wildman–Crippen MR) is 105 cm³/mol. The summed E-state index contributed by atoms with van der Waals surface area (Å²) in [5.74, 6) is 1.87. The molecule has 1 fully saturated rings. The first-order chi connectivity index (χ1) is 13.1. The van der Waals surface area contributed by atoms with Crippen molar-refractivity contribution in [1.82, 2.24) is 15.5 Å². The molecule has 0 aliphatic heterocycles. The average molecular weight is 390 g/mol. The number of nitrogens with one attached hydrogen (secondary N) is 1. The summed E-state index contributed by atoms with van der Waals surface area (Å²) in [7, 11) is 0. The van der Waals surface area contributed by atoms with Crippen LogP contribution < -0.4 is 5.32 Å². The van der Waals surface area contributed by atoms with Crippen LogP contribution >= 0.6 is 11.8 Å². The highest BCUT2D eigenvalue weighted by molar-refractivity contribution is 7.98. The normalized spacial score (nSPS) is 19.8. The smallest absolute Gasteiger partial charge is 0.254 e. The monoisotopic (exact) mass is 389 g/mol. The van der Waals surface area contributed by atoms with Crippen molar-refractivity contribution in [3.05, 3.63) is 41.4 Å². The largest absolute Gasteiger partial charge is 0.376 e. The van der Waals surface area contributed by atoms with Crippen molar-refractivity contribution >= 4 is 17.7 Å². The van der Waals surface area contributed by atoms with E-state index in [2.05, 4.69) is 22.4 Å². The fourth-order valence-corrected chi connectivity index (χ4v) is 4.18. The first-order valence-electron chi connectivity index (χ1n) is 9.53. The van der Waals surface area contributed by atoms with Crippen LogP contribution in [0.5, 0.6) is 0 Å². The molecule has 7 heteroatoms. The lowest BCUT2D eigenvalue weighted by Gasteiger charge is -2.28. The molecule has 2 aromatic heterocycles. The second kappa shape index (κ2) is 9.90. The Hall–Kier alpha value is -1.86. The van der Waals surface area contributed by atoms with Crippen LogP contribution in [0.25, 0.3) is 0 Å². The summed E-state index contributed by atoms with van der Waals surface area (Å²) in [6, 6.07) is 5.46. The van der Waals surface area contributed by atoms with Crippen LogP contribution in [-0.4, -0.2) is 35.3 Å². The Balaban J connectivity index is 1.47. The van der Waals surface area contributed by atoms with E-state index in [1.807, 2.05) is 13.0 Å². The number of ether oxygens (including phenoxy) is 1. The molecule has 1 saturated carbocycles. The van der Waals surface area contributed by atoms with Gasteiger partial charge in [0.2, 0.25) is 0 Å². The predicted octanol–water partition coefficient (Wildman–Crippen LogP) is 4.00. The number of carbonyl (C=O) groups excluding carboxylic acids is 1. The molecule has 146 valence electrons. The van der Waals surface area contributed by atoms with Gasteiger partial charge in [0.1, 0.15) is 10.8 Å². The molecule has 0 bridgehead atoms. The van der Waals surface area contributed by atoms with Gasteiger partial charge in [-0.1, -0.05) is 36.7 Å². The minimum atomic E-state index is -0.123. The lowest BCUT2D eigenvalue weighted by atomic mass is 9.88. The van der Waals surface area contributed by atoms with Crippen LogP contribution in [0.1, 0.15) is 54.4 Å². The third-order valence-corrected chi connectivity index (χ3v) is 5.84. The number of amides is 1. The molecule has 0 radical (unpaired) electrons. The lowest BCUT2D eigenvalue weighted by Crippen LogP contribution is -2.32. The van der Waals surface area contributed by atoms with Gasteiger partial charge in [-0.2, -0.15) is 0 Å². The summed E-state index contributed by atoms with van der Waals surface area (Å²) >= 11 is 1.48. The number of rotatable bonds is 8. The molecule has 0 spiro atoms. The summed E-state index contributed by atoms with van der Waals surface area (Å²) in [6.45, 7) is 5.15. The Morgan fingerprint density at radius 2 is 2.26 bits per heavy atom. The Morgan fingerprint density at radius 3 is 3.04 bits per heavy atom. The Morgan fingerprint density at radius 1 is 1.41 bits per heavy atom. The fourth-order valence-electron chi connectivity index (χ4n) is 3.31. The van der Waals surface area contributed by atoms with E-state index in [4.69, 9.17) is 9.26 Å². The van der Waals surface area contributed by atoms with Gasteiger partial charge in [-0.15, -0.1) is 0 Å². The molecular formula is C20H27N3O3S. The van der Waals surface area contributed by atoms with Crippen molar-refractivity contribution in [1.29, 1.82) is 0 Å². The standard InChI is InChI=1S/C20H27N3O3S/c1-14-6-3-4-8-18(14)25-11-10-21-19(24)17-7-5-9-22-20(17)27-13-16-12-15(2)26-23-16/h5,7,9,12,14,18H,3-4,6,8,10-11,13H2,1-2H3,(H,21,24)/t14-,18+/m0/s1. The van der Waals surface area contributed by atoms with Gasteiger partial charge in [-0.3, -0.25) is 4.79 Å². The van der Waals surface area contributed by atoms with Crippen molar-refractivity contribution in [2.45, 2.75) is 56.4 Å². The van der Waals surface area contributed by atoms with Crippen LogP contribution in [0, 0.1) is 12.8 Å². The van der Waals surface area contributed by atoms with Gasteiger partial charge in [-0.25, -0.2) is 4.98 Å². The molecule has 0 unspecified atom stereocenters. The molecule has 2 atom stereocenters. The van der Waals surface area contributed by atoms with Gasteiger partial charge >= 0.3 is 0 Å². The molecule has 1 aliphatic rings. The van der Waals surface area contributed by atoms with Crippen molar-refractivity contribution in [2.24, 2.45) is 5.92 Å². The summed E-state index contributed by atoms with van der Waals surface area (Å²) < 4.78 is 11.0. The zero-order valence-electron chi connectivity index (χ0n) is 15.9. The molecule has 1 N–H and O–H groups in total. The number of carbonyl (C=O) groups is 1. The van der Waals surface area contributed by atoms with Gasteiger partial charge in [-0.05, 0) is 37.8 Å². The van der Waals surface area contributed by atoms with Crippen molar-refractivity contribution in [3.8, 4) is 0 Å². The van der Waals surface area contributed by atoms with Gasteiger partial charge in [0.05, 0.1) is 24.0 Å². The summed E-state index contributed by atoms with van der Waals surface area (Å²) in [6.07, 6.45) is 6.92. The second-order valence-corrected chi connectivity index (χ2v) is 7.96. The molecule has 1 amide bonds. The zero-order valence-corrected chi connectivity index (χ0v) is 16.8. The molecule has 1 aliphatic carbocycles. The topological polar surface area (TPSA) is 77.2 Å². The highest BCUT2D eigenvalue weighted by Crippen LogP contribution is 2.26. The molecule has 2 heterocycles. The third kappa shape index (κ3) is 5.81. The maximum Gasteiger partial charge on any atom is 0.254 e. The van der Waals surface area contributed by atoms with Crippen LogP contribution in [0.15, 0.2) is 33.9 Å². The second-order valence-electron chi connectivity index (χ2n) is 7.00. The third-order valence-electron chi connectivity index (χ3n) is 4.80. The molecular weight excluding hydrogens is 362 g/mol. The number of aryl methyl sites for hydroxylation is 1. The minimum Gasteiger partial charge on any atom is -0.376 e. The first-order valence-corrected chi connectivity index (χ1v) is 10.5. The highest BCUT2D eigenvalue weighted by atomic mass is 32.2. The number of hydrogen-bond donors (Lipinski definition) is 1. The Bertz CT molecular complexity index is 750. The molecule has 0 saturated heterocycles.